The molecule has 2 rings (SSSR count). The van der Waals surface area contributed by atoms with Gasteiger partial charge in [-0.05, 0) is 42.3 Å². The summed E-state index contributed by atoms with van der Waals surface area (Å²) in [5.74, 6) is 0. The van der Waals surface area contributed by atoms with Gasteiger partial charge in [0.15, 0.2) is 0 Å². The van der Waals surface area contributed by atoms with Crippen molar-refractivity contribution in [2.45, 2.75) is 39.3 Å². The standard InChI is InChI=1S/C14H20NOSi/c1-14(2,3)12-6-7-13-11(10-12)8-9-15(13)16-17(4)5/h6-10H,1-5H3. The molecule has 1 aromatic carbocycles. The van der Waals surface area contributed by atoms with Crippen molar-refractivity contribution in [2.24, 2.45) is 0 Å². The van der Waals surface area contributed by atoms with Gasteiger partial charge in [0, 0.05) is 11.6 Å². The van der Waals surface area contributed by atoms with E-state index in [-0.39, 0.29) is 5.41 Å². The maximum atomic E-state index is 5.81. The van der Waals surface area contributed by atoms with Gasteiger partial charge in [-0.1, -0.05) is 26.8 Å². The third kappa shape index (κ3) is 2.55. The lowest BCUT2D eigenvalue weighted by molar-refractivity contribution is 0.296. The van der Waals surface area contributed by atoms with Gasteiger partial charge in [0.2, 0.25) is 0 Å². The molecule has 0 bridgehead atoms. The summed E-state index contributed by atoms with van der Waals surface area (Å²) in [5.41, 5.74) is 2.72. The fourth-order valence-electron chi connectivity index (χ4n) is 1.86. The van der Waals surface area contributed by atoms with Crippen LogP contribution in [-0.2, 0) is 5.41 Å². The van der Waals surface area contributed by atoms with E-state index in [1.54, 1.807) is 0 Å². The first-order valence-electron chi connectivity index (χ1n) is 5.98. The van der Waals surface area contributed by atoms with Crippen LogP contribution in [0.25, 0.3) is 10.9 Å². The topological polar surface area (TPSA) is 14.2 Å². The van der Waals surface area contributed by atoms with Crippen LogP contribution in [0.2, 0.25) is 13.1 Å². The van der Waals surface area contributed by atoms with Crippen molar-refractivity contribution in [3.63, 3.8) is 0 Å². The maximum absolute atomic E-state index is 5.81. The van der Waals surface area contributed by atoms with Gasteiger partial charge in [-0.3, -0.25) is 0 Å². The summed E-state index contributed by atoms with van der Waals surface area (Å²) in [6.07, 6.45) is 2.01. The van der Waals surface area contributed by atoms with Crippen molar-refractivity contribution >= 4 is 19.9 Å². The maximum Gasteiger partial charge on any atom is 0.311 e. The molecule has 0 aliphatic heterocycles. The Morgan fingerprint density at radius 1 is 1.12 bits per heavy atom. The molecule has 91 valence electrons. The van der Waals surface area contributed by atoms with E-state index in [9.17, 15) is 0 Å². The predicted octanol–water partition coefficient (Wildman–Crippen LogP) is 3.62. The van der Waals surface area contributed by atoms with E-state index in [0.29, 0.717) is 0 Å². The molecule has 0 aliphatic rings. The Hall–Kier alpha value is -1.22. The van der Waals surface area contributed by atoms with Crippen molar-refractivity contribution in [1.29, 1.82) is 0 Å². The van der Waals surface area contributed by atoms with Gasteiger partial charge >= 0.3 is 9.04 Å². The van der Waals surface area contributed by atoms with Crippen molar-refractivity contribution in [3.8, 4) is 0 Å². The zero-order valence-corrected chi connectivity index (χ0v) is 12.2. The molecule has 0 N–H and O–H groups in total. The Bertz CT molecular complexity index is 522. The molecule has 0 atom stereocenters. The third-order valence-corrected chi connectivity index (χ3v) is 3.36. The fraction of sp³-hybridized carbons (Fsp3) is 0.429. The number of benzene rings is 1. The molecule has 1 heterocycles. The van der Waals surface area contributed by atoms with E-state index in [0.717, 1.165) is 5.52 Å². The third-order valence-electron chi connectivity index (χ3n) is 2.80. The lowest BCUT2D eigenvalue weighted by atomic mass is 9.86. The highest BCUT2D eigenvalue weighted by Gasteiger charge is 2.14. The molecule has 0 fully saturated rings. The van der Waals surface area contributed by atoms with E-state index in [2.05, 4.69) is 58.1 Å². The van der Waals surface area contributed by atoms with Crippen LogP contribution in [0.5, 0.6) is 0 Å². The highest BCUT2D eigenvalue weighted by molar-refractivity contribution is 6.48. The first-order valence-corrected chi connectivity index (χ1v) is 8.39. The minimum Gasteiger partial charge on any atom is -0.469 e. The summed E-state index contributed by atoms with van der Waals surface area (Å²) in [7, 11) is -0.723. The highest BCUT2D eigenvalue weighted by Crippen LogP contribution is 2.26. The number of hydrogen-bond donors (Lipinski definition) is 0. The van der Waals surface area contributed by atoms with Gasteiger partial charge < -0.3 is 4.53 Å². The lowest BCUT2D eigenvalue weighted by Gasteiger charge is -2.19. The second-order valence-corrected chi connectivity index (χ2v) is 7.66. The minimum absolute atomic E-state index is 0.196. The van der Waals surface area contributed by atoms with Gasteiger partial charge in [-0.2, -0.15) is 0 Å². The lowest BCUT2D eigenvalue weighted by Crippen LogP contribution is -2.22. The molecule has 0 amide bonds. The van der Waals surface area contributed by atoms with Gasteiger partial charge in [0.05, 0.1) is 5.52 Å². The van der Waals surface area contributed by atoms with Gasteiger partial charge in [-0.25, -0.2) is 4.73 Å². The Balaban J connectivity index is 2.45. The zero-order valence-electron chi connectivity index (χ0n) is 11.2. The summed E-state index contributed by atoms with van der Waals surface area (Å²) in [5, 5.41) is 1.25. The fourth-order valence-corrected chi connectivity index (χ4v) is 2.41. The molecular formula is C14H20NOSi. The normalized spacial score (nSPS) is 12.4. The van der Waals surface area contributed by atoms with E-state index in [4.69, 9.17) is 4.53 Å². The minimum atomic E-state index is -0.723. The smallest absolute Gasteiger partial charge is 0.311 e. The zero-order chi connectivity index (χ0) is 12.6. The number of fused-ring (bicyclic) bond motifs is 1. The highest BCUT2D eigenvalue weighted by atomic mass is 28.3. The average molecular weight is 246 g/mol. The van der Waals surface area contributed by atoms with Crippen molar-refractivity contribution in [3.05, 3.63) is 36.0 Å². The molecule has 0 saturated carbocycles. The van der Waals surface area contributed by atoms with Crippen LogP contribution < -0.4 is 4.53 Å². The molecule has 0 unspecified atom stereocenters. The summed E-state index contributed by atoms with van der Waals surface area (Å²) >= 11 is 0. The van der Waals surface area contributed by atoms with Crippen LogP contribution in [0.15, 0.2) is 30.5 Å². The van der Waals surface area contributed by atoms with Crippen LogP contribution in [-0.4, -0.2) is 13.8 Å². The molecule has 2 aromatic rings. The summed E-state index contributed by atoms with van der Waals surface area (Å²) < 4.78 is 7.71. The summed E-state index contributed by atoms with van der Waals surface area (Å²) in [4.78, 5) is 0. The van der Waals surface area contributed by atoms with Crippen molar-refractivity contribution < 1.29 is 4.53 Å². The number of nitrogens with zero attached hydrogens (tertiary/aromatic N) is 1. The van der Waals surface area contributed by atoms with Crippen LogP contribution in [0.4, 0.5) is 0 Å². The summed E-state index contributed by atoms with van der Waals surface area (Å²) in [6, 6.07) is 8.73. The second kappa shape index (κ2) is 4.22. The first kappa shape index (κ1) is 12.2. The van der Waals surface area contributed by atoms with Gasteiger partial charge in [0.25, 0.3) is 0 Å². The molecule has 17 heavy (non-hydrogen) atoms. The van der Waals surface area contributed by atoms with E-state index < -0.39 is 9.04 Å². The van der Waals surface area contributed by atoms with Gasteiger partial charge in [0.1, 0.15) is 0 Å². The Morgan fingerprint density at radius 3 is 2.41 bits per heavy atom. The molecule has 0 spiro atoms. The first-order chi connectivity index (χ1) is 7.88. The van der Waals surface area contributed by atoms with Crippen molar-refractivity contribution in [1.82, 2.24) is 4.73 Å². The SMILES string of the molecule is C[Si](C)On1ccc2cc(C(C)(C)C)ccc21. The molecule has 0 saturated heterocycles. The van der Waals surface area contributed by atoms with Gasteiger partial charge in [-0.15, -0.1) is 0 Å². The number of aromatic nitrogens is 1. The average Bonchev–Trinajstić information content (AvgIpc) is 2.59. The van der Waals surface area contributed by atoms with Crippen LogP contribution in [0.1, 0.15) is 26.3 Å². The van der Waals surface area contributed by atoms with Crippen LogP contribution in [0, 0.1) is 0 Å². The predicted molar refractivity (Wildman–Crippen MR) is 74.7 cm³/mol. The Labute approximate surface area is 105 Å². The quantitative estimate of drug-likeness (QED) is 0.738. The number of rotatable bonds is 2. The van der Waals surface area contributed by atoms with Crippen LogP contribution in [0.3, 0.4) is 0 Å². The van der Waals surface area contributed by atoms with E-state index in [1.165, 1.54) is 10.9 Å². The molecule has 0 aliphatic carbocycles. The molecular weight excluding hydrogens is 226 g/mol. The molecule has 1 radical (unpaired) electrons. The molecule has 3 heteroatoms. The molecule has 1 aromatic heterocycles. The second-order valence-electron chi connectivity index (χ2n) is 5.66. The van der Waals surface area contributed by atoms with Crippen molar-refractivity contribution in [2.75, 3.05) is 0 Å². The van der Waals surface area contributed by atoms with Crippen LogP contribution >= 0.6 is 0 Å². The molecule has 2 nitrogen and oxygen atoms in total. The largest absolute Gasteiger partial charge is 0.469 e. The monoisotopic (exact) mass is 246 g/mol. The Morgan fingerprint density at radius 2 is 1.82 bits per heavy atom. The van der Waals surface area contributed by atoms with E-state index in [1.807, 2.05) is 10.9 Å². The van der Waals surface area contributed by atoms with E-state index >= 15 is 0 Å². The Kier molecular flexibility index (Phi) is 3.04. The number of hydrogen-bond acceptors (Lipinski definition) is 1. The summed E-state index contributed by atoms with van der Waals surface area (Å²) in [6.45, 7) is 11.0.